The van der Waals surface area contributed by atoms with Crippen molar-refractivity contribution < 1.29 is 4.74 Å². The Balaban J connectivity index is 2.53. The topological polar surface area (TPSA) is 78.8 Å². The molecule has 17 heavy (non-hydrogen) atoms. The van der Waals surface area contributed by atoms with Crippen LogP contribution in [0.5, 0.6) is 5.75 Å². The Kier molecular flexibility index (Phi) is 2.88. The van der Waals surface area contributed by atoms with Crippen molar-refractivity contribution >= 4 is 0 Å². The van der Waals surface area contributed by atoms with Crippen molar-refractivity contribution in [3.8, 4) is 23.1 Å². The van der Waals surface area contributed by atoms with Crippen LogP contribution in [0.1, 0.15) is 5.56 Å². The SMILES string of the molecule is COc1cccc(-c2cc(C#N)c(=O)[nH]n2)c1. The molecule has 2 rings (SSSR count). The predicted molar refractivity (Wildman–Crippen MR) is 61.6 cm³/mol. The molecule has 0 unspecified atom stereocenters. The van der Waals surface area contributed by atoms with E-state index >= 15 is 0 Å². The van der Waals surface area contributed by atoms with Crippen LogP contribution in [0.15, 0.2) is 35.1 Å². The highest BCUT2D eigenvalue weighted by molar-refractivity contribution is 5.61. The molecule has 0 radical (unpaired) electrons. The maximum atomic E-state index is 11.2. The van der Waals surface area contributed by atoms with Gasteiger partial charge in [-0.1, -0.05) is 12.1 Å². The van der Waals surface area contributed by atoms with Gasteiger partial charge in [-0.3, -0.25) is 4.79 Å². The number of nitriles is 1. The largest absolute Gasteiger partial charge is 0.497 e. The molecule has 0 saturated heterocycles. The van der Waals surface area contributed by atoms with E-state index in [-0.39, 0.29) is 5.56 Å². The summed E-state index contributed by atoms with van der Waals surface area (Å²) in [5.41, 5.74) is 0.856. The predicted octanol–water partition coefficient (Wildman–Crippen LogP) is 1.32. The van der Waals surface area contributed by atoms with Crippen LogP contribution >= 0.6 is 0 Å². The maximum absolute atomic E-state index is 11.2. The summed E-state index contributed by atoms with van der Waals surface area (Å²) < 4.78 is 5.09. The first-order valence-electron chi connectivity index (χ1n) is 4.89. The third-order valence-electron chi connectivity index (χ3n) is 2.29. The molecule has 5 nitrogen and oxygen atoms in total. The second kappa shape index (κ2) is 4.49. The third-order valence-corrected chi connectivity index (χ3v) is 2.29. The molecular weight excluding hydrogens is 218 g/mol. The highest BCUT2D eigenvalue weighted by Crippen LogP contribution is 2.21. The van der Waals surface area contributed by atoms with Gasteiger partial charge < -0.3 is 4.74 Å². The van der Waals surface area contributed by atoms with Gasteiger partial charge in [0, 0.05) is 5.56 Å². The molecule has 0 aliphatic rings. The van der Waals surface area contributed by atoms with Crippen LogP contribution in [-0.4, -0.2) is 17.3 Å². The number of methoxy groups -OCH3 is 1. The Morgan fingerprint density at radius 3 is 2.94 bits per heavy atom. The second-order valence-electron chi connectivity index (χ2n) is 3.34. The van der Waals surface area contributed by atoms with Crippen LogP contribution in [0.4, 0.5) is 0 Å². The monoisotopic (exact) mass is 227 g/mol. The Hall–Kier alpha value is -2.61. The van der Waals surface area contributed by atoms with Crippen LogP contribution in [-0.2, 0) is 0 Å². The summed E-state index contributed by atoms with van der Waals surface area (Å²) in [6.45, 7) is 0. The van der Waals surface area contributed by atoms with Crippen molar-refractivity contribution in [2.75, 3.05) is 7.11 Å². The van der Waals surface area contributed by atoms with Gasteiger partial charge in [0.25, 0.3) is 5.56 Å². The van der Waals surface area contributed by atoms with Crippen molar-refractivity contribution in [1.82, 2.24) is 10.2 Å². The maximum Gasteiger partial charge on any atom is 0.282 e. The normalized spacial score (nSPS) is 9.65. The molecule has 84 valence electrons. The van der Waals surface area contributed by atoms with Gasteiger partial charge in [-0.2, -0.15) is 10.4 Å². The molecule has 1 heterocycles. The van der Waals surface area contributed by atoms with Crippen LogP contribution in [0.3, 0.4) is 0 Å². The number of benzene rings is 1. The molecule has 2 aromatic rings. The van der Waals surface area contributed by atoms with Gasteiger partial charge in [0.1, 0.15) is 17.4 Å². The van der Waals surface area contributed by atoms with Gasteiger partial charge in [-0.05, 0) is 18.2 Å². The minimum atomic E-state index is -0.487. The third kappa shape index (κ3) is 2.16. The van der Waals surface area contributed by atoms with E-state index in [1.165, 1.54) is 6.07 Å². The number of rotatable bonds is 2. The van der Waals surface area contributed by atoms with E-state index in [1.54, 1.807) is 19.2 Å². The molecule has 1 N–H and O–H groups in total. The molecule has 1 aromatic carbocycles. The zero-order valence-corrected chi connectivity index (χ0v) is 9.10. The molecule has 1 aromatic heterocycles. The molecule has 0 aliphatic carbocycles. The molecule has 0 aliphatic heterocycles. The van der Waals surface area contributed by atoms with Gasteiger partial charge in [0.15, 0.2) is 0 Å². The zero-order valence-electron chi connectivity index (χ0n) is 9.10. The van der Waals surface area contributed by atoms with Crippen molar-refractivity contribution in [2.24, 2.45) is 0 Å². The first-order chi connectivity index (χ1) is 8.24. The first-order valence-corrected chi connectivity index (χ1v) is 4.89. The first kappa shape index (κ1) is 10.9. The van der Waals surface area contributed by atoms with E-state index in [0.29, 0.717) is 11.4 Å². The molecule has 0 saturated carbocycles. The minimum absolute atomic E-state index is 0.0396. The summed E-state index contributed by atoms with van der Waals surface area (Å²) in [5, 5.41) is 14.9. The van der Waals surface area contributed by atoms with Gasteiger partial charge in [0.05, 0.1) is 12.8 Å². The molecule has 0 atom stereocenters. The highest BCUT2D eigenvalue weighted by Gasteiger charge is 2.05. The fraction of sp³-hybridized carbons (Fsp3) is 0.0833. The lowest BCUT2D eigenvalue weighted by molar-refractivity contribution is 0.415. The Morgan fingerprint density at radius 1 is 1.41 bits per heavy atom. The second-order valence-corrected chi connectivity index (χ2v) is 3.34. The number of aromatic nitrogens is 2. The number of nitrogens with zero attached hydrogens (tertiary/aromatic N) is 2. The van der Waals surface area contributed by atoms with E-state index in [2.05, 4.69) is 10.2 Å². The fourth-order valence-corrected chi connectivity index (χ4v) is 1.42. The summed E-state index contributed by atoms with van der Waals surface area (Å²) in [5.74, 6) is 0.689. The van der Waals surface area contributed by atoms with Crippen molar-refractivity contribution in [1.29, 1.82) is 5.26 Å². The number of hydrogen-bond acceptors (Lipinski definition) is 4. The Labute approximate surface area is 97.3 Å². The zero-order chi connectivity index (χ0) is 12.3. The summed E-state index contributed by atoms with van der Waals surface area (Å²) in [6, 6.07) is 10.5. The number of hydrogen-bond donors (Lipinski definition) is 1. The van der Waals surface area contributed by atoms with E-state index < -0.39 is 5.56 Å². The molecular formula is C12H9N3O2. The van der Waals surface area contributed by atoms with Crippen LogP contribution in [0, 0.1) is 11.3 Å². The van der Waals surface area contributed by atoms with E-state index in [0.717, 1.165) is 5.56 Å². The average Bonchev–Trinajstić information content (AvgIpc) is 2.39. The van der Waals surface area contributed by atoms with E-state index in [1.807, 2.05) is 18.2 Å². The van der Waals surface area contributed by atoms with Crippen molar-refractivity contribution in [2.45, 2.75) is 0 Å². The van der Waals surface area contributed by atoms with Crippen LogP contribution < -0.4 is 10.3 Å². The molecule has 0 amide bonds. The number of H-pyrrole nitrogens is 1. The number of aromatic amines is 1. The quantitative estimate of drug-likeness (QED) is 0.839. The van der Waals surface area contributed by atoms with Crippen LogP contribution in [0.25, 0.3) is 11.3 Å². The lowest BCUT2D eigenvalue weighted by atomic mass is 10.1. The number of nitrogens with one attached hydrogen (secondary N) is 1. The average molecular weight is 227 g/mol. The summed E-state index contributed by atoms with van der Waals surface area (Å²) >= 11 is 0. The lowest BCUT2D eigenvalue weighted by Crippen LogP contribution is -2.11. The van der Waals surface area contributed by atoms with Crippen molar-refractivity contribution in [3.63, 3.8) is 0 Å². The lowest BCUT2D eigenvalue weighted by Gasteiger charge is -2.03. The van der Waals surface area contributed by atoms with E-state index in [9.17, 15) is 4.79 Å². The smallest absolute Gasteiger partial charge is 0.282 e. The Bertz CT molecular complexity index is 641. The van der Waals surface area contributed by atoms with Gasteiger partial charge >= 0.3 is 0 Å². The molecule has 0 bridgehead atoms. The van der Waals surface area contributed by atoms with E-state index in [4.69, 9.17) is 10.00 Å². The molecule has 0 fully saturated rings. The minimum Gasteiger partial charge on any atom is -0.497 e. The van der Waals surface area contributed by atoms with Crippen LogP contribution in [0.2, 0.25) is 0 Å². The van der Waals surface area contributed by atoms with Gasteiger partial charge in [-0.25, -0.2) is 5.10 Å². The molecule has 0 spiro atoms. The van der Waals surface area contributed by atoms with Crippen molar-refractivity contribution in [3.05, 3.63) is 46.2 Å². The van der Waals surface area contributed by atoms with Gasteiger partial charge in [0.2, 0.25) is 0 Å². The summed E-state index contributed by atoms with van der Waals surface area (Å²) in [4.78, 5) is 11.2. The Morgan fingerprint density at radius 2 is 2.24 bits per heavy atom. The number of ether oxygens (including phenoxy) is 1. The molecule has 5 heteroatoms. The standard InChI is InChI=1S/C12H9N3O2/c1-17-10-4-2-3-8(5-10)11-6-9(7-13)12(16)15-14-11/h2-6H,1H3,(H,15,16). The van der Waals surface area contributed by atoms with Gasteiger partial charge in [-0.15, -0.1) is 0 Å². The highest BCUT2D eigenvalue weighted by atomic mass is 16.5. The fourth-order valence-electron chi connectivity index (χ4n) is 1.42. The summed E-state index contributed by atoms with van der Waals surface area (Å²) in [6.07, 6.45) is 0. The summed E-state index contributed by atoms with van der Waals surface area (Å²) in [7, 11) is 1.57.